The monoisotopic (exact) mass is 435 g/mol. The van der Waals surface area contributed by atoms with Crippen molar-refractivity contribution < 1.29 is 18.3 Å². The number of carboxylic acid groups (broad SMARTS) is 1. The minimum atomic E-state index is -2.78. The van der Waals surface area contributed by atoms with Crippen molar-refractivity contribution in [1.82, 2.24) is 0 Å². The zero-order valence-corrected chi connectivity index (χ0v) is 18.8. The predicted molar refractivity (Wildman–Crippen MR) is 117 cm³/mol. The number of carbonyl (C=O) groups is 1. The van der Waals surface area contributed by atoms with Gasteiger partial charge in [0.05, 0.1) is 11.8 Å². The van der Waals surface area contributed by atoms with Crippen LogP contribution in [0.2, 0.25) is 0 Å². The van der Waals surface area contributed by atoms with Crippen LogP contribution in [0.5, 0.6) is 0 Å². The second kappa shape index (κ2) is 16.3. The molecule has 1 atom stereocenters. The number of thioether (sulfide) groups is 1. The second-order valence-electron chi connectivity index (χ2n) is 6.90. The zero-order valence-electron chi connectivity index (χ0n) is 16.3. The molecule has 0 aromatic carbocycles. The summed E-state index contributed by atoms with van der Waals surface area (Å²) in [4.78, 5) is 10.8. The number of hydrogen-bond acceptors (Lipinski definition) is 6. The van der Waals surface area contributed by atoms with Crippen molar-refractivity contribution in [3.8, 4) is 6.07 Å². The standard InChI is InChI=1S/C19H33NO4S3/c1-2-3-4-5-6-7-8-9-10-11-12-18(25)26-19(15-20,16-27(23)24)14-13-17(21)22/h27H,2-14,16H2,1H3,(H,21,22). The number of thiocarbonyl (C=S) groups is 1. The number of hydrogen-bond donors (Lipinski definition) is 2. The fourth-order valence-electron chi connectivity index (χ4n) is 2.82. The Hall–Kier alpha value is -0.650. The Balaban J connectivity index is 4.12. The lowest BCUT2D eigenvalue weighted by molar-refractivity contribution is -0.137. The summed E-state index contributed by atoms with van der Waals surface area (Å²) in [7, 11) is -2.78. The van der Waals surface area contributed by atoms with Crippen LogP contribution in [0.3, 0.4) is 0 Å². The van der Waals surface area contributed by atoms with E-state index in [1.807, 2.05) is 6.07 Å². The van der Waals surface area contributed by atoms with Gasteiger partial charge in [-0.25, -0.2) is 8.42 Å². The average molecular weight is 436 g/mol. The van der Waals surface area contributed by atoms with Gasteiger partial charge in [0.15, 0.2) is 0 Å². The van der Waals surface area contributed by atoms with E-state index in [1.54, 1.807) is 0 Å². The van der Waals surface area contributed by atoms with Crippen molar-refractivity contribution in [3.63, 3.8) is 0 Å². The molecule has 0 heterocycles. The molecule has 0 saturated heterocycles. The van der Waals surface area contributed by atoms with Crippen LogP contribution < -0.4 is 0 Å². The van der Waals surface area contributed by atoms with Crippen LogP contribution >= 0.6 is 24.0 Å². The molecule has 0 rings (SSSR count). The Morgan fingerprint density at radius 2 is 1.56 bits per heavy atom. The van der Waals surface area contributed by atoms with E-state index in [1.165, 1.54) is 44.9 Å². The summed E-state index contributed by atoms with van der Waals surface area (Å²) in [5.74, 6) is -1.41. The van der Waals surface area contributed by atoms with Crippen LogP contribution in [-0.2, 0) is 15.5 Å². The Kier molecular flexibility index (Phi) is 15.9. The van der Waals surface area contributed by atoms with E-state index in [4.69, 9.17) is 17.3 Å². The normalized spacial score (nSPS) is 13.2. The van der Waals surface area contributed by atoms with E-state index in [0.717, 1.165) is 31.0 Å². The molecule has 1 N–H and O–H groups in total. The predicted octanol–water partition coefficient (Wildman–Crippen LogP) is 5.10. The molecule has 0 aliphatic carbocycles. The number of aliphatic carboxylic acids is 1. The minimum Gasteiger partial charge on any atom is -0.481 e. The van der Waals surface area contributed by atoms with Crippen LogP contribution in [0.15, 0.2) is 0 Å². The maximum absolute atomic E-state index is 11.1. The number of carboxylic acids is 1. The van der Waals surface area contributed by atoms with Gasteiger partial charge in [-0.15, -0.1) is 0 Å². The Labute approximate surface area is 175 Å². The van der Waals surface area contributed by atoms with Gasteiger partial charge in [-0.3, -0.25) is 4.79 Å². The van der Waals surface area contributed by atoms with Crippen molar-refractivity contribution in [3.05, 3.63) is 0 Å². The molecule has 0 amide bonds. The van der Waals surface area contributed by atoms with E-state index < -0.39 is 21.4 Å². The topological polar surface area (TPSA) is 95.2 Å². The highest BCUT2D eigenvalue weighted by Crippen LogP contribution is 2.33. The van der Waals surface area contributed by atoms with Gasteiger partial charge in [0.2, 0.25) is 0 Å². The third-order valence-electron chi connectivity index (χ3n) is 4.37. The Morgan fingerprint density at radius 3 is 2.00 bits per heavy atom. The van der Waals surface area contributed by atoms with Crippen LogP contribution in [0, 0.1) is 11.3 Å². The number of rotatable bonds is 17. The van der Waals surface area contributed by atoms with Gasteiger partial charge >= 0.3 is 5.97 Å². The number of unbranched alkanes of at least 4 members (excludes halogenated alkanes) is 9. The Bertz CT molecular complexity index is 550. The molecule has 0 aliphatic rings. The second-order valence-corrected chi connectivity index (χ2v) is 10.1. The molecule has 0 aromatic rings. The first-order chi connectivity index (χ1) is 12.8. The van der Waals surface area contributed by atoms with Gasteiger partial charge in [-0.1, -0.05) is 88.7 Å². The molecular formula is C19H33NO4S3. The molecule has 0 fully saturated rings. The Morgan fingerprint density at radius 1 is 1.04 bits per heavy atom. The van der Waals surface area contributed by atoms with Crippen LogP contribution in [0.25, 0.3) is 0 Å². The van der Waals surface area contributed by atoms with Gasteiger partial charge in [0.1, 0.15) is 15.5 Å². The van der Waals surface area contributed by atoms with Gasteiger partial charge < -0.3 is 5.11 Å². The minimum absolute atomic E-state index is 0.0228. The van der Waals surface area contributed by atoms with Crippen molar-refractivity contribution in [2.75, 3.05) is 5.75 Å². The summed E-state index contributed by atoms with van der Waals surface area (Å²) in [6.45, 7) is 2.22. The van der Waals surface area contributed by atoms with Gasteiger partial charge in [0, 0.05) is 10.6 Å². The molecule has 0 aliphatic heterocycles. The van der Waals surface area contributed by atoms with Gasteiger partial charge in [-0.2, -0.15) is 5.26 Å². The maximum atomic E-state index is 11.1. The SMILES string of the molecule is CCCCCCCCCCCCC(=S)SC(C#N)(CCC(=O)O)C[SH](=O)=O. The number of nitriles is 1. The lowest BCUT2D eigenvalue weighted by Gasteiger charge is -2.23. The van der Waals surface area contributed by atoms with Crippen LogP contribution in [-0.4, -0.2) is 34.2 Å². The van der Waals surface area contributed by atoms with Crippen molar-refractivity contribution in [2.24, 2.45) is 0 Å². The third-order valence-corrected chi connectivity index (χ3v) is 7.10. The maximum Gasteiger partial charge on any atom is 0.303 e. The molecule has 156 valence electrons. The number of nitrogens with zero attached hydrogens (tertiary/aromatic N) is 1. The van der Waals surface area contributed by atoms with Crippen LogP contribution in [0.1, 0.15) is 90.4 Å². The largest absolute Gasteiger partial charge is 0.481 e. The van der Waals surface area contributed by atoms with Crippen molar-refractivity contribution in [2.45, 2.75) is 95.1 Å². The average Bonchev–Trinajstić information content (AvgIpc) is 2.60. The lowest BCUT2D eigenvalue weighted by Crippen LogP contribution is -2.30. The highest BCUT2D eigenvalue weighted by Gasteiger charge is 2.34. The highest BCUT2D eigenvalue weighted by molar-refractivity contribution is 8.24. The molecular weight excluding hydrogens is 402 g/mol. The van der Waals surface area contributed by atoms with Gasteiger partial charge in [-0.05, 0) is 19.3 Å². The molecule has 0 saturated carbocycles. The summed E-state index contributed by atoms with van der Waals surface area (Å²) in [5.41, 5.74) is 0. The summed E-state index contributed by atoms with van der Waals surface area (Å²) in [5, 5.41) is 18.3. The van der Waals surface area contributed by atoms with Gasteiger partial charge in [0.25, 0.3) is 0 Å². The summed E-state index contributed by atoms with van der Waals surface area (Å²) >= 11 is 6.39. The molecule has 5 nitrogen and oxygen atoms in total. The van der Waals surface area contributed by atoms with E-state index in [2.05, 4.69) is 6.92 Å². The zero-order chi connectivity index (χ0) is 20.5. The molecule has 0 bridgehead atoms. The summed E-state index contributed by atoms with van der Waals surface area (Å²) in [6, 6.07) is 2.00. The smallest absolute Gasteiger partial charge is 0.303 e. The molecule has 8 heteroatoms. The first kappa shape index (κ1) is 26.4. The lowest BCUT2D eigenvalue weighted by atomic mass is 10.1. The van der Waals surface area contributed by atoms with Crippen molar-refractivity contribution in [1.29, 1.82) is 5.26 Å². The molecule has 27 heavy (non-hydrogen) atoms. The molecule has 0 radical (unpaired) electrons. The first-order valence-electron chi connectivity index (χ1n) is 9.82. The summed E-state index contributed by atoms with van der Waals surface area (Å²) in [6.07, 6.45) is 12.6. The molecule has 0 aromatic heterocycles. The molecule has 1 unspecified atom stereocenters. The molecule has 0 spiro atoms. The highest BCUT2D eigenvalue weighted by atomic mass is 32.2. The quantitative estimate of drug-likeness (QED) is 0.186. The fraction of sp³-hybridized carbons (Fsp3) is 0.842. The fourth-order valence-corrected chi connectivity index (χ4v) is 5.59. The van der Waals surface area contributed by atoms with Crippen LogP contribution in [0.4, 0.5) is 0 Å². The van der Waals surface area contributed by atoms with E-state index in [9.17, 15) is 18.5 Å². The number of thiol groups is 1. The first-order valence-corrected chi connectivity index (χ1v) is 12.4. The van der Waals surface area contributed by atoms with E-state index in [0.29, 0.717) is 10.6 Å². The van der Waals surface area contributed by atoms with E-state index >= 15 is 0 Å². The third kappa shape index (κ3) is 15.0. The van der Waals surface area contributed by atoms with Crippen molar-refractivity contribution >= 4 is 44.8 Å². The summed E-state index contributed by atoms with van der Waals surface area (Å²) < 4.78 is 21.6. The van der Waals surface area contributed by atoms with E-state index in [-0.39, 0.29) is 18.6 Å².